The van der Waals surface area contributed by atoms with Crippen molar-refractivity contribution in [1.82, 2.24) is 9.97 Å². The van der Waals surface area contributed by atoms with Crippen molar-refractivity contribution in [2.24, 2.45) is 0 Å². The number of aromatic nitrogens is 2. The number of hydrogen-bond donors (Lipinski definition) is 0. The molecule has 6 rings (SSSR count). The number of hydrogen-bond acceptors (Lipinski definition) is 3. The van der Waals surface area contributed by atoms with E-state index in [9.17, 15) is 0 Å². The van der Waals surface area contributed by atoms with Crippen LogP contribution in [0.25, 0.3) is 54.9 Å². The van der Waals surface area contributed by atoms with Crippen molar-refractivity contribution in [3.63, 3.8) is 0 Å². The number of fused-ring (bicyclic) bond motifs is 6. The lowest BCUT2D eigenvalue weighted by atomic mass is 10.0. The van der Waals surface area contributed by atoms with Crippen LogP contribution in [-0.4, -0.2) is 9.97 Å². The van der Waals surface area contributed by atoms with E-state index in [2.05, 4.69) is 64.6 Å². The Morgan fingerprint density at radius 3 is 2.32 bits per heavy atom. The van der Waals surface area contributed by atoms with Gasteiger partial charge < -0.3 is 4.42 Å². The van der Waals surface area contributed by atoms with E-state index in [0.29, 0.717) is 5.71 Å². The van der Waals surface area contributed by atoms with Gasteiger partial charge in [-0.1, -0.05) is 66.7 Å². The molecule has 0 saturated heterocycles. The molecule has 4 aromatic carbocycles. The predicted octanol–water partition coefficient (Wildman–Crippen LogP) is 7.00. The zero-order chi connectivity index (χ0) is 18.7. The molecule has 0 spiro atoms. The highest BCUT2D eigenvalue weighted by Gasteiger charge is 2.18. The van der Waals surface area contributed by atoms with Gasteiger partial charge in [-0.05, 0) is 39.9 Å². The molecule has 28 heavy (non-hydrogen) atoms. The number of nitrogens with zero attached hydrogens (tertiary/aromatic N) is 2. The summed E-state index contributed by atoms with van der Waals surface area (Å²) in [6.45, 7) is 0. The molecule has 2 aromatic heterocycles. The molecule has 0 saturated carbocycles. The molecule has 0 N–H and O–H groups in total. The second-order valence-corrected chi connectivity index (χ2v) is 7.19. The molecule has 3 nitrogen and oxygen atoms in total. The van der Waals surface area contributed by atoms with Gasteiger partial charge in [-0.2, -0.15) is 4.98 Å². The van der Waals surface area contributed by atoms with Gasteiger partial charge in [0.15, 0.2) is 0 Å². The van der Waals surface area contributed by atoms with Gasteiger partial charge in [0, 0.05) is 16.3 Å². The summed E-state index contributed by atoms with van der Waals surface area (Å²) >= 11 is 6.26. The molecule has 0 radical (unpaired) electrons. The monoisotopic (exact) mass is 380 g/mol. The standard InChI is InChI=1S/C24H13ClN2O/c25-24-26-21(17-10-9-14-5-1-2-7-16(14)13-17)20-19-12-11-15-6-3-4-8-18(15)22(19)28-23(20)27-24/h1-13H. The smallest absolute Gasteiger partial charge is 0.232 e. The largest absolute Gasteiger partial charge is 0.437 e. The van der Waals surface area contributed by atoms with Gasteiger partial charge in [0.25, 0.3) is 0 Å². The maximum Gasteiger partial charge on any atom is 0.232 e. The lowest BCUT2D eigenvalue weighted by Gasteiger charge is -2.05. The molecule has 0 aliphatic carbocycles. The molecule has 0 amide bonds. The highest BCUT2D eigenvalue weighted by molar-refractivity contribution is 6.29. The maximum absolute atomic E-state index is 6.26. The van der Waals surface area contributed by atoms with Crippen LogP contribution in [0.15, 0.2) is 83.3 Å². The third-order valence-corrected chi connectivity index (χ3v) is 5.39. The second-order valence-electron chi connectivity index (χ2n) is 6.85. The summed E-state index contributed by atoms with van der Waals surface area (Å²) in [6.07, 6.45) is 0. The summed E-state index contributed by atoms with van der Waals surface area (Å²) in [4.78, 5) is 8.93. The third-order valence-electron chi connectivity index (χ3n) is 5.22. The molecular formula is C24H13ClN2O. The van der Waals surface area contributed by atoms with Gasteiger partial charge in [-0.25, -0.2) is 4.98 Å². The van der Waals surface area contributed by atoms with E-state index >= 15 is 0 Å². The first-order valence-electron chi connectivity index (χ1n) is 9.05. The Balaban J connectivity index is 1.74. The second kappa shape index (κ2) is 5.78. The molecule has 0 unspecified atom stereocenters. The Hall–Kier alpha value is -3.43. The first kappa shape index (κ1) is 15.6. The minimum absolute atomic E-state index is 0.180. The quantitative estimate of drug-likeness (QED) is 0.288. The molecule has 132 valence electrons. The van der Waals surface area contributed by atoms with Gasteiger partial charge in [0.1, 0.15) is 5.58 Å². The predicted molar refractivity (Wildman–Crippen MR) is 115 cm³/mol. The zero-order valence-electron chi connectivity index (χ0n) is 14.7. The van der Waals surface area contributed by atoms with Crippen LogP contribution in [0.4, 0.5) is 0 Å². The lowest BCUT2D eigenvalue weighted by Crippen LogP contribution is -1.89. The van der Waals surface area contributed by atoms with Crippen LogP contribution in [0.2, 0.25) is 5.28 Å². The Kier molecular flexibility index (Phi) is 3.22. The van der Waals surface area contributed by atoms with Gasteiger partial charge in [0.2, 0.25) is 11.0 Å². The van der Waals surface area contributed by atoms with Crippen LogP contribution in [0.3, 0.4) is 0 Å². The summed E-state index contributed by atoms with van der Waals surface area (Å²) in [6, 6.07) is 26.9. The van der Waals surface area contributed by atoms with Crippen molar-refractivity contribution in [1.29, 1.82) is 0 Å². The molecule has 0 aliphatic heterocycles. The van der Waals surface area contributed by atoms with Crippen molar-refractivity contribution in [3.8, 4) is 11.3 Å². The van der Waals surface area contributed by atoms with E-state index in [1.807, 2.05) is 24.3 Å². The van der Waals surface area contributed by atoms with Crippen LogP contribution in [0.5, 0.6) is 0 Å². The van der Waals surface area contributed by atoms with Gasteiger partial charge >= 0.3 is 0 Å². The highest BCUT2D eigenvalue weighted by Crippen LogP contribution is 2.38. The van der Waals surface area contributed by atoms with Crippen molar-refractivity contribution in [3.05, 3.63) is 84.1 Å². The Morgan fingerprint density at radius 2 is 1.43 bits per heavy atom. The summed E-state index contributed by atoms with van der Waals surface area (Å²) in [5.74, 6) is 0. The van der Waals surface area contributed by atoms with E-state index < -0.39 is 0 Å². The number of rotatable bonds is 1. The molecule has 4 heteroatoms. The molecule has 0 bridgehead atoms. The molecule has 0 atom stereocenters. The zero-order valence-corrected chi connectivity index (χ0v) is 15.4. The summed E-state index contributed by atoms with van der Waals surface area (Å²) in [7, 11) is 0. The van der Waals surface area contributed by atoms with E-state index in [1.165, 1.54) is 5.39 Å². The SMILES string of the molecule is Clc1nc(-c2ccc3ccccc3c2)c2c(n1)oc1c3ccccc3ccc12. The molecule has 0 fully saturated rings. The molecule has 0 aliphatic rings. The minimum atomic E-state index is 0.180. The van der Waals surface area contributed by atoms with E-state index in [-0.39, 0.29) is 5.28 Å². The topological polar surface area (TPSA) is 38.9 Å². The summed E-state index contributed by atoms with van der Waals surface area (Å²) in [5, 5.41) is 6.58. The number of benzene rings is 4. The number of furan rings is 1. The fourth-order valence-corrected chi connectivity index (χ4v) is 4.08. The fourth-order valence-electron chi connectivity index (χ4n) is 3.92. The van der Waals surface area contributed by atoms with E-state index in [1.54, 1.807) is 0 Å². The minimum Gasteiger partial charge on any atom is -0.437 e. The summed E-state index contributed by atoms with van der Waals surface area (Å²) in [5.41, 5.74) is 3.10. The lowest BCUT2D eigenvalue weighted by molar-refractivity contribution is 0.656. The first-order chi connectivity index (χ1) is 13.8. The molecular weight excluding hydrogens is 368 g/mol. The van der Waals surface area contributed by atoms with Gasteiger partial charge in [-0.3, -0.25) is 0 Å². The van der Waals surface area contributed by atoms with E-state index in [4.69, 9.17) is 16.0 Å². The van der Waals surface area contributed by atoms with Crippen LogP contribution < -0.4 is 0 Å². The molecule has 2 heterocycles. The Bertz CT molecular complexity index is 1530. The van der Waals surface area contributed by atoms with Crippen molar-refractivity contribution in [2.75, 3.05) is 0 Å². The average molecular weight is 381 g/mol. The van der Waals surface area contributed by atoms with E-state index in [0.717, 1.165) is 43.8 Å². The van der Waals surface area contributed by atoms with Crippen molar-refractivity contribution < 1.29 is 4.42 Å². The summed E-state index contributed by atoms with van der Waals surface area (Å²) < 4.78 is 6.16. The van der Waals surface area contributed by atoms with Crippen LogP contribution in [0.1, 0.15) is 0 Å². The van der Waals surface area contributed by atoms with Crippen molar-refractivity contribution in [2.45, 2.75) is 0 Å². The maximum atomic E-state index is 6.26. The fraction of sp³-hybridized carbons (Fsp3) is 0. The Morgan fingerprint density at radius 1 is 0.679 bits per heavy atom. The molecule has 6 aromatic rings. The van der Waals surface area contributed by atoms with Gasteiger partial charge in [0.05, 0.1) is 11.1 Å². The highest BCUT2D eigenvalue weighted by atomic mass is 35.5. The normalized spacial score (nSPS) is 11.8. The average Bonchev–Trinajstić information content (AvgIpc) is 3.11. The number of halogens is 1. The van der Waals surface area contributed by atoms with Crippen molar-refractivity contribution >= 4 is 55.2 Å². The van der Waals surface area contributed by atoms with Crippen LogP contribution in [-0.2, 0) is 0 Å². The van der Waals surface area contributed by atoms with Crippen LogP contribution >= 0.6 is 11.6 Å². The first-order valence-corrected chi connectivity index (χ1v) is 9.42. The Labute approximate surface area is 165 Å². The van der Waals surface area contributed by atoms with Crippen LogP contribution in [0, 0.1) is 0 Å². The third kappa shape index (κ3) is 2.23. The van der Waals surface area contributed by atoms with Gasteiger partial charge in [-0.15, -0.1) is 0 Å².